The second kappa shape index (κ2) is 5.75. The number of thiocarbonyl (C=S) groups is 1. The Kier molecular flexibility index (Phi) is 4.06. The Bertz CT molecular complexity index is 413. The molecule has 2 rings (SSSR count). The molecule has 0 bridgehead atoms. The maximum atomic E-state index is 5.91. The number of benzene rings is 1. The predicted molar refractivity (Wildman–Crippen MR) is 72.2 cm³/mol. The predicted octanol–water partition coefficient (Wildman–Crippen LogP) is 1.01. The monoisotopic (exact) mass is 249 g/mol. The van der Waals surface area contributed by atoms with Gasteiger partial charge in [0.05, 0.1) is 13.2 Å². The molecule has 1 aliphatic heterocycles. The van der Waals surface area contributed by atoms with Crippen LogP contribution in [-0.2, 0) is 4.74 Å². The molecule has 17 heavy (non-hydrogen) atoms. The number of ether oxygens (including phenoxy) is 1. The molecule has 0 atom stereocenters. The molecule has 0 aromatic heterocycles. The van der Waals surface area contributed by atoms with Crippen LogP contribution < -0.4 is 5.73 Å². The lowest BCUT2D eigenvalue weighted by atomic mass is 10.2. The number of nitrogens with two attached hydrogens (primary N) is 1. The number of amidine groups is 1. The van der Waals surface area contributed by atoms with Crippen LogP contribution in [0.4, 0.5) is 0 Å². The van der Waals surface area contributed by atoms with Gasteiger partial charge in [-0.25, -0.2) is 4.99 Å². The number of aliphatic imine (C=N–C) groups is 1. The summed E-state index contributed by atoms with van der Waals surface area (Å²) in [6.45, 7) is 2.95. The molecule has 2 N–H and O–H groups in total. The van der Waals surface area contributed by atoms with Gasteiger partial charge in [0.15, 0.2) is 5.11 Å². The largest absolute Gasteiger partial charge is 0.383 e. The molecular formula is C12H15N3OS. The minimum Gasteiger partial charge on any atom is -0.383 e. The molecule has 1 aliphatic rings. The molecule has 0 spiro atoms. The Labute approximate surface area is 106 Å². The van der Waals surface area contributed by atoms with Crippen molar-refractivity contribution in [3.05, 3.63) is 35.9 Å². The highest BCUT2D eigenvalue weighted by Crippen LogP contribution is 2.03. The third kappa shape index (κ3) is 3.25. The van der Waals surface area contributed by atoms with Gasteiger partial charge in [-0.1, -0.05) is 30.3 Å². The van der Waals surface area contributed by atoms with E-state index >= 15 is 0 Å². The summed E-state index contributed by atoms with van der Waals surface area (Å²) in [5.74, 6) is 0.460. The minimum absolute atomic E-state index is 0.460. The van der Waals surface area contributed by atoms with Crippen LogP contribution in [0.15, 0.2) is 35.3 Å². The van der Waals surface area contributed by atoms with Crippen molar-refractivity contribution in [3.8, 4) is 0 Å². The Balaban J connectivity index is 2.05. The third-order valence-corrected chi connectivity index (χ3v) is 2.92. The van der Waals surface area contributed by atoms with E-state index in [1.54, 1.807) is 0 Å². The summed E-state index contributed by atoms with van der Waals surface area (Å²) >= 11 is 5.25. The number of hydrogen-bond donors (Lipinski definition) is 1. The van der Waals surface area contributed by atoms with Gasteiger partial charge in [-0.2, -0.15) is 0 Å². The van der Waals surface area contributed by atoms with E-state index in [0.29, 0.717) is 24.2 Å². The van der Waals surface area contributed by atoms with Crippen LogP contribution in [0.3, 0.4) is 0 Å². The fourth-order valence-corrected chi connectivity index (χ4v) is 1.88. The van der Waals surface area contributed by atoms with Crippen molar-refractivity contribution in [2.75, 3.05) is 26.3 Å². The number of nitrogens with zero attached hydrogens (tertiary/aromatic N) is 2. The lowest BCUT2D eigenvalue weighted by molar-refractivity contribution is 0.0686. The van der Waals surface area contributed by atoms with Crippen LogP contribution in [0.1, 0.15) is 5.56 Å². The zero-order chi connectivity index (χ0) is 12.1. The van der Waals surface area contributed by atoms with Gasteiger partial charge in [0, 0.05) is 18.7 Å². The highest BCUT2D eigenvalue weighted by atomic mass is 32.1. The van der Waals surface area contributed by atoms with E-state index in [1.807, 2.05) is 35.2 Å². The van der Waals surface area contributed by atoms with E-state index in [9.17, 15) is 0 Å². The standard InChI is InChI=1S/C12H15N3OS/c13-11(10-4-2-1-3-5-10)14-12(17)15-6-8-16-9-7-15/h1-5H,6-9H2,(H2,13,14,17). The lowest BCUT2D eigenvalue weighted by Gasteiger charge is -2.27. The van der Waals surface area contributed by atoms with Gasteiger partial charge in [-0.05, 0) is 12.2 Å². The summed E-state index contributed by atoms with van der Waals surface area (Å²) < 4.78 is 5.26. The first-order chi connectivity index (χ1) is 8.27. The summed E-state index contributed by atoms with van der Waals surface area (Å²) in [6, 6.07) is 9.63. The summed E-state index contributed by atoms with van der Waals surface area (Å²) in [4.78, 5) is 6.28. The highest BCUT2D eigenvalue weighted by molar-refractivity contribution is 7.80. The molecule has 1 aromatic rings. The molecule has 1 fully saturated rings. The Morgan fingerprint density at radius 3 is 2.53 bits per heavy atom. The van der Waals surface area contributed by atoms with Gasteiger partial charge in [0.25, 0.3) is 0 Å². The van der Waals surface area contributed by atoms with E-state index in [4.69, 9.17) is 22.7 Å². The zero-order valence-electron chi connectivity index (χ0n) is 9.50. The third-order valence-electron chi connectivity index (χ3n) is 2.57. The summed E-state index contributed by atoms with van der Waals surface area (Å²) in [5, 5.41) is 0.537. The van der Waals surface area contributed by atoms with Gasteiger partial charge >= 0.3 is 0 Å². The molecule has 90 valence electrons. The average Bonchev–Trinajstić information content (AvgIpc) is 2.40. The molecule has 0 amide bonds. The topological polar surface area (TPSA) is 50.8 Å². The average molecular weight is 249 g/mol. The van der Waals surface area contributed by atoms with Gasteiger partial charge in [0.2, 0.25) is 0 Å². The summed E-state index contributed by atoms with van der Waals surface area (Å²) in [7, 11) is 0. The summed E-state index contributed by atoms with van der Waals surface area (Å²) in [5.41, 5.74) is 6.80. The molecule has 0 aliphatic carbocycles. The molecule has 1 heterocycles. The smallest absolute Gasteiger partial charge is 0.197 e. The van der Waals surface area contributed by atoms with Crippen molar-refractivity contribution < 1.29 is 4.74 Å². The number of morpholine rings is 1. The van der Waals surface area contributed by atoms with E-state index in [-0.39, 0.29) is 0 Å². The Morgan fingerprint density at radius 1 is 1.24 bits per heavy atom. The first-order valence-electron chi connectivity index (χ1n) is 5.53. The van der Waals surface area contributed by atoms with Gasteiger partial charge in [-0.3, -0.25) is 0 Å². The molecule has 5 heteroatoms. The number of hydrogen-bond acceptors (Lipinski definition) is 2. The van der Waals surface area contributed by atoms with E-state index in [0.717, 1.165) is 18.7 Å². The van der Waals surface area contributed by atoms with Crippen molar-refractivity contribution in [1.82, 2.24) is 4.90 Å². The molecule has 0 saturated carbocycles. The maximum absolute atomic E-state index is 5.91. The molecule has 0 radical (unpaired) electrons. The van der Waals surface area contributed by atoms with E-state index in [2.05, 4.69) is 4.99 Å². The van der Waals surface area contributed by atoms with Crippen molar-refractivity contribution in [2.45, 2.75) is 0 Å². The normalized spacial score (nSPS) is 16.9. The second-order valence-electron chi connectivity index (χ2n) is 3.75. The van der Waals surface area contributed by atoms with Crippen molar-refractivity contribution >= 4 is 23.2 Å². The summed E-state index contributed by atoms with van der Waals surface area (Å²) in [6.07, 6.45) is 0. The molecule has 1 saturated heterocycles. The Hall–Kier alpha value is -1.46. The van der Waals surface area contributed by atoms with Gasteiger partial charge in [0.1, 0.15) is 5.84 Å². The van der Waals surface area contributed by atoms with Crippen LogP contribution in [-0.4, -0.2) is 42.2 Å². The lowest BCUT2D eigenvalue weighted by Crippen LogP contribution is -2.39. The van der Waals surface area contributed by atoms with Crippen LogP contribution in [0.5, 0.6) is 0 Å². The van der Waals surface area contributed by atoms with Crippen LogP contribution >= 0.6 is 12.2 Å². The first kappa shape index (κ1) is 12.0. The van der Waals surface area contributed by atoms with Crippen LogP contribution in [0.25, 0.3) is 0 Å². The van der Waals surface area contributed by atoms with Crippen molar-refractivity contribution in [3.63, 3.8) is 0 Å². The second-order valence-corrected chi connectivity index (χ2v) is 4.11. The maximum Gasteiger partial charge on any atom is 0.197 e. The van der Waals surface area contributed by atoms with Gasteiger partial charge in [-0.15, -0.1) is 0 Å². The highest BCUT2D eigenvalue weighted by Gasteiger charge is 2.13. The molecule has 1 aromatic carbocycles. The number of rotatable bonds is 1. The van der Waals surface area contributed by atoms with Crippen LogP contribution in [0.2, 0.25) is 0 Å². The van der Waals surface area contributed by atoms with E-state index in [1.165, 1.54) is 0 Å². The van der Waals surface area contributed by atoms with Gasteiger partial charge < -0.3 is 15.4 Å². The van der Waals surface area contributed by atoms with E-state index < -0.39 is 0 Å². The molecule has 4 nitrogen and oxygen atoms in total. The SMILES string of the molecule is N/C(=N\C(=S)N1CCOCC1)c1ccccc1. The van der Waals surface area contributed by atoms with Crippen LogP contribution in [0, 0.1) is 0 Å². The fourth-order valence-electron chi connectivity index (χ4n) is 1.60. The fraction of sp³-hybridized carbons (Fsp3) is 0.333. The Morgan fingerprint density at radius 2 is 1.88 bits per heavy atom. The molecule has 0 unspecified atom stereocenters. The first-order valence-corrected chi connectivity index (χ1v) is 5.94. The van der Waals surface area contributed by atoms with Crippen molar-refractivity contribution in [1.29, 1.82) is 0 Å². The quantitative estimate of drug-likeness (QED) is 0.458. The zero-order valence-corrected chi connectivity index (χ0v) is 10.3. The van der Waals surface area contributed by atoms with Crippen molar-refractivity contribution in [2.24, 2.45) is 10.7 Å². The molecular weight excluding hydrogens is 234 g/mol. The minimum atomic E-state index is 0.460.